The molecule has 0 aromatic heterocycles. The molecule has 0 saturated heterocycles. The molecule has 1 aromatic carbocycles. The molecule has 0 radical (unpaired) electrons. The summed E-state index contributed by atoms with van der Waals surface area (Å²) in [4.78, 5) is 0. The van der Waals surface area contributed by atoms with Crippen LogP contribution in [0.25, 0.3) is 0 Å². The van der Waals surface area contributed by atoms with Gasteiger partial charge in [0, 0.05) is 0 Å². The lowest BCUT2D eigenvalue weighted by atomic mass is 10.1. The van der Waals surface area contributed by atoms with Gasteiger partial charge in [0.05, 0.1) is 6.61 Å². The second kappa shape index (κ2) is 13.8. The Labute approximate surface area is 127 Å². The normalized spacial score (nSPS) is 10.0. The molecule has 0 saturated carbocycles. The minimum absolute atomic E-state index is 0. The lowest BCUT2D eigenvalue weighted by Gasteiger charge is -2.05. The number of hydrogen-bond acceptors (Lipinski definition) is 4. The standard InChI is InChI=1S/C14H22O.H3N.H2O4S/c1-2-3-4-5-6-10-13-15-14-11-8-7-9-12-14;;1-5(2,3)4/h7-9,11-12H,2-6,10,13H2,1H3;1H3;(H2,1,2,3,4). The van der Waals surface area contributed by atoms with Crippen LogP contribution in [0.2, 0.25) is 0 Å². The van der Waals surface area contributed by atoms with Gasteiger partial charge in [-0.15, -0.1) is 0 Å². The summed E-state index contributed by atoms with van der Waals surface area (Å²) in [7, 11) is -4.67. The zero-order chi connectivity index (χ0) is 15.3. The van der Waals surface area contributed by atoms with Gasteiger partial charge in [0.15, 0.2) is 0 Å². The van der Waals surface area contributed by atoms with Crippen molar-refractivity contribution >= 4 is 10.4 Å². The average Bonchev–Trinajstić information content (AvgIpc) is 2.37. The first-order chi connectivity index (χ1) is 9.43. The smallest absolute Gasteiger partial charge is 0.394 e. The molecule has 124 valence electrons. The second-order valence-corrected chi connectivity index (χ2v) is 5.27. The first kappa shape index (κ1) is 22.1. The van der Waals surface area contributed by atoms with E-state index in [4.69, 9.17) is 22.3 Å². The fourth-order valence-corrected chi connectivity index (χ4v) is 1.59. The molecule has 0 fully saturated rings. The molecule has 1 rings (SSSR count). The highest BCUT2D eigenvalue weighted by Gasteiger charge is 1.92. The van der Waals surface area contributed by atoms with E-state index in [0.29, 0.717) is 0 Å². The van der Waals surface area contributed by atoms with E-state index in [1.807, 2.05) is 30.3 Å². The summed E-state index contributed by atoms with van der Waals surface area (Å²) in [5.41, 5.74) is 0. The Kier molecular flexibility index (Phi) is 14.6. The third-order valence-electron chi connectivity index (χ3n) is 2.51. The molecular formula is C14H27NO5S. The van der Waals surface area contributed by atoms with Crippen LogP contribution in [0.15, 0.2) is 30.3 Å². The maximum atomic E-state index is 8.74. The van der Waals surface area contributed by atoms with Crippen LogP contribution in [-0.4, -0.2) is 24.1 Å². The third-order valence-corrected chi connectivity index (χ3v) is 2.51. The van der Waals surface area contributed by atoms with Gasteiger partial charge in [-0.05, 0) is 18.6 Å². The van der Waals surface area contributed by atoms with Crippen molar-refractivity contribution in [3.63, 3.8) is 0 Å². The Morgan fingerprint density at radius 2 is 1.43 bits per heavy atom. The highest BCUT2D eigenvalue weighted by Crippen LogP contribution is 2.10. The molecule has 5 N–H and O–H groups in total. The molecule has 0 heterocycles. The molecule has 6 nitrogen and oxygen atoms in total. The van der Waals surface area contributed by atoms with E-state index in [0.717, 1.165) is 12.4 Å². The van der Waals surface area contributed by atoms with E-state index in [9.17, 15) is 0 Å². The van der Waals surface area contributed by atoms with Crippen molar-refractivity contribution < 1.29 is 22.3 Å². The molecule has 0 aliphatic rings. The van der Waals surface area contributed by atoms with Gasteiger partial charge in [-0.25, -0.2) is 0 Å². The van der Waals surface area contributed by atoms with E-state index >= 15 is 0 Å². The van der Waals surface area contributed by atoms with Crippen LogP contribution < -0.4 is 10.9 Å². The molecule has 0 atom stereocenters. The Balaban J connectivity index is 0. The van der Waals surface area contributed by atoms with Crippen LogP contribution in [0.5, 0.6) is 5.75 Å². The summed E-state index contributed by atoms with van der Waals surface area (Å²) in [6.07, 6.45) is 7.90. The second-order valence-electron chi connectivity index (χ2n) is 4.38. The van der Waals surface area contributed by atoms with Gasteiger partial charge in [-0.1, -0.05) is 57.2 Å². The van der Waals surface area contributed by atoms with Crippen molar-refractivity contribution in [2.75, 3.05) is 6.61 Å². The number of para-hydroxylation sites is 1. The van der Waals surface area contributed by atoms with Crippen LogP contribution in [0, 0.1) is 0 Å². The highest BCUT2D eigenvalue weighted by atomic mass is 32.3. The molecule has 7 heteroatoms. The number of unbranched alkanes of at least 4 members (excludes halogenated alkanes) is 5. The molecular weight excluding hydrogens is 294 g/mol. The predicted octanol–water partition coefficient (Wildman–Crippen LogP) is 3.94. The quantitative estimate of drug-likeness (QED) is 0.493. The Morgan fingerprint density at radius 3 is 1.95 bits per heavy atom. The zero-order valence-corrected chi connectivity index (χ0v) is 13.4. The molecule has 1 aromatic rings. The molecule has 0 unspecified atom stereocenters. The largest absolute Gasteiger partial charge is 0.494 e. The van der Waals surface area contributed by atoms with Crippen LogP contribution in [0.3, 0.4) is 0 Å². The lowest BCUT2D eigenvalue weighted by Crippen LogP contribution is -1.96. The summed E-state index contributed by atoms with van der Waals surface area (Å²) in [5, 5.41) is 0. The van der Waals surface area contributed by atoms with Crippen molar-refractivity contribution in [3.05, 3.63) is 30.3 Å². The van der Waals surface area contributed by atoms with Gasteiger partial charge in [-0.2, -0.15) is 8.42 Å². The summed E-state index contributed by atoms with van der Waals surface area (Å²) in [6.45, 7) is 3.11. The van der Waals surface area contributed by atoms with E-state index in [1.54, 1.807) is 0 Å². The lowest BCUT2D eigenvalue weighted by molar-refractivity contribution is 0.304. The summed E-state index contributed by atoms with van der Waals surface area (Å²) in [6, 6.07) is 10.1. The monoisotopic (exact) mass is 321 g/mol. The Bertz CT molecular complexity index is 414. The van der Waals surface area contributed by atoms with Crippen LogP contribution in [-0.2, 0) is 10.4 Å². The van der Waals surface area contributed by atoms with Gasteiger partial charge >= 0.3 is 10.4 Å². The van der Waals surface area contributed by atoms with E-state index in [2.05, 4.69) is 6.92 Å². The van der Waals surface area contributed by atoms with Gasteiger partial charge in [0.2, 0.25) is 0 Å². The topological polar surface area (TPSA) is 119 Å². The van der Waals surface area contributed by atoms with Crippen molar-refractivity contribution in [2.45, 2.75) is 45.4 Å². The molecule has 0 aliphatic heterocycles. The molecule has 0 bridgehead atoms. The highest BCUT2D eigenvalue weighted by molar-refractivity contribution is 7.79. The Morgan fingerprint density at radius 1 is 0.952 bits per heavy atom. The summed E-state index contributed by atoms with van der Waals surface area (Å²) in [5.74, 6) is 0.992. The maximum Gasteiger partial charge on any atom is 0.394 e. The van der Waals surface area contributed by atoms with E-state index in [1.165, 1.54) is 38.5 Å². The number of rotatable bonds is 8. The first-order valence-corrected chi connectivity index (χ1v) is 8.21. The van der Waals surface area contributed by atoms with Crippen molar-refractivity contribution in [1.82, 2.24) is 6.15 Å². The molecule has 0 aliphatic carbocycles. The van der Waals surface area contributed by atoms with Gasteiger partial charge in [0.25, 0.3) is 0 Å². The van der Waals surface area contributed by atoms with Crippen LogP contribution >= 0.6 is 0 Å². The first-order valence-electron chi connectivity index (χ1n) is 6.81. The average molecular weight is 321 g/mol. The van der Waals surface area contributed by atoms with Gasteiger partial charge in [-0.3, -0.25) is 9.11 Å². The van der Waals surface area contributed by atoms with Crippen molar-refractivity contribution in [3.8, 4) is 5.75 Å². The van der Waals surface area contributed by atoms with E-state index < -0.39 is 10.4 Å². The SMILES string of the molecule is CCCCCCCCOc1ccccc1.N.O=S(=O)(O)O. The Hall–Kier alpha value is -1.15. The zero-order valence-electron chi connectivity index (χ0n) is 12.6. The summed E-state index contributed by atoms with van der Waals surface area (Å²) < 4.78 is 37.2. The third kappa shape index (κ3) is 21.3. The van der Waals surface area contributed by atoms with Crippen LogP contribution in [0.1, 0.15) is 45.4 Å². The summed E-state index contributed by atoms with van der Waals surface area (Å²) >= 11 is 0. The molecule has 0 amide bonds. The number of ether oxygens (including phenoxy) is 1. The minimum Gasteiger partial charge on any atom is -0.494 e. The van der Waals surface area contributed by atoms with Gasteiger partial charge in [0.1, 0.15) is 5.75 Å². The van der Waals surface area contributed by atoms with E-state index in [-0.39, 0.29) is 6.15 Å². The number of benzene rings is 1. The predicted molar refractivity (Wildman–Crippen MR) is 84.5 cm³/mol. The molecule has 0 spiro atoms. The molecule has 21 heavy (non-hydrogen) atoms. The fourth-order valence-electron chi connectivity index (χ4n) is 1.59. The van der Waals surface area contributed by atoms with Crippen molar-refractivity contribution in [2.24, 2.45) is 0 Å². The minimum atomic E-state index is -4.67. The van der Waals surface area contributed by atoms with Gasteiger partial charge < -0.3 is 10.9 Å². The number of hydrogen-bond donors (Lipinski definition) is 3. The maximum absolute atomic E-state index is 8.74. The van der Waals surface area contributed by atoms with Crippen molar-refractivity contribution in [1.29, 1.82) is 0 Å². The fraction of sp³-hybridized carbons (Fsp3) is 0.571. The van der Waals surface area contributed by atoms with Crippen LogP contribution in [0.4, 0.5) is 0 Å².